The number of amides is 1. The minimum absolute atomic E-state index is 0.0679. The zero-order valence-corrected chi connectivity index (χ0v) is 18.9. The average molecular weight is 433 g/mol. The second-order valence-corrected chi connectivity index (χ2v) is 8.78. The minimum atomic E-state index is -0.275. The van der Waals surface area contributed by atoms with Gasteiger partial charge in [0, 0.05) is 31.5 Å². The molecule has 1 aromatic rings. The van der Waals surface area contributed by atoms with E-state index in [0.717, 1.165) is 70.1 Å². The number of carbonyl (C=O) groups is 2. The quantitative estimate of drug-likeness (QED) is 0.405. The van der Waals surface area contributed by atoms with Gasteiger partial charge in [-0.05, 0) is 44.9 Å². The predicted octanol–water partition coefficient (Wildman–Crippen LogP) is 4.06. The van der Waals surface area contributed by atoms with Crippen LogP contribution in [-0.4, -0.2) is 60.3 Å². The van der Waals surface area contributed by atoms with E-state index in [0.29, 0.717) is 30.9 Å². The van der Waals surface area contributed by atoms with Gasteiger partial charge in [-0.3, -0.25) is 4.79 Å². The van der Waals surface area contributed by atoms with Crippen molar-refractivity contribution in [1.29, 1.82) is 0 Å². The Morgan fingerprint density at radius 1 is 1.23 bits per heavy atom. The van der Waals surface area contributed by atoms with E-state index in [-0.39, 0.29) is 23.2 Å². The van der Waals surface area contributed by atoms with Crippen molar-refractivity contribution in [1.82, 2.24) is 10.2 Å². The van der Waals surface area contributed by atoms with Crippen molar-refractivity contribution in [3.63, 3.8) is 0 Å². The highest BCUT2D eigenvalue weighted by Gasteiger charge is 2.42. The number of nitrogens with one attached hydrogen (secondary N) is 1. The van der Waals surface area contributed by atoms with Gasteiger partial charge in [0.25, 0.3) is 0 Å². The van der Waals surface area contributed by atoms with E-state index in [2.05, 4.69) is 10.2 Å². The smallest absolute Gasteiger partial charge is 0.407 e. The Morgan fingerprint density at radius 3 is 2.61 bits per heavy atom. The summed E-state index contributed by atoms with van der Waals surface area (Å²) in [5.74, 6) is 0.623. The van der Waals surface area contributed by atoms with Crippen LogP contribution in [0.1, 0.15) is 74.7 Å². The molecule has 1 aromatic carbocycles. The van der Waals surface area contributed by atoms with Crippen molar-refractivity contribution in [3.8, 4) is 11.5 Å². The maximum Gasteiger partial charge on any atom is 0.407 e. The summed E-state index contributed by atoms with van der Waals surface area (Å²) in [7, 11) is 0. The van der Waals surface area contributed by atoms with Gasteiger partial charge < -0.3 is 24.8 Å². The number of likely N-dealkylation sites (tertiary alicyclic amines) is 1. The molecular formula is C24H36N2O5. The molecule has 2 aliphatic rings. The first kappa shape index (κ1) is 23.4. The maximum absolute atomic E-state index is 11.7. The third-order valence-corrected chi connectivity index (χ3v) is 6.38. The van der Waals surface area contributed by atoms with Gasteiger partial charge in [0.2, 0.25) is 0 Å². The first-order chi connectivity index (χ1) is 14.9. The fourth-order valence-corrected chi connectivity index (χ4v) is 4.47. The number of alkyl carbamates (subject to hydrolysis) is 1. The number of ketones is 1. The Bertz CT molecular complexity index is 771. The number of piperidine rings is 1. The molecule has 2 saturated heterocycles. The summed E-state index contributed by atoms with van der Waals surface area (Å²) in [5.41, 5.74) is 0.835. The average Bonchev–Trinajstić information content (AvgIpc) is 3.11. The molecule has 2 heterocycles. The molecule has 0 unspecified atom stereocenters. The highest BCUT2D eigenvalue weighted by atomic mass is 16.6. The van der Waals surface area contributed by atoms with Crippen molar-refractivity contribution < 1.29 is 24.2 Å². The second-order valence-electron chi connectivity index (χ2n) is 8.78. The lowest BCUT2D eigenvalue weighted by molar-refractivity contribution is 0.000608. The molecule has 1 amide bonds. The first-order valence-corrected chi connectivity index (χ1v) is 11.6. The summed E-state index contributed by atoms with van der Waals surface area (Å²) < 4.78 is 11.4. The minimum Gasteiger partial charge on any atom is -0.507 e. The Kier molecular flexibility index (Phi) is 8.18. The van der Waals surface area contributed by atoms with Gasteiger partial charge in [-0.15, -0.1) is 0 Å². The molecule has 7 heteroatoms. The van der Waals surface area contributed by atoms with Gasteiger partial charge in [-0.2, -0.15) is 0 Å². The van der Waals surface area contributed by atoms with E-state index in [1.807, 2.05) is 13.0 Å². The summed E-state index contributed by atoms with van der Waals surface area (Å²) in [4.78, 5) is 25.4. The molecule has 0 aromatic heterocycles. The monoisotopic (exact) mass is 432 g/mol. The zero-order valence-electron chi connectivity index (χ0n) is 18.9. The van der Waals surface area contributed by atoms with Crippen molar-refractivity contribution in [2.45, 2.75) is 70.8 Å². The molecule has 2 fully saturated rings. The number of Topliss-reactive ketones (excluding diaryl/α,β-unsaturated/α-hetero) is 1. The fraction of sp³-hybridized carbons (Fsp3) is 0.667. The van der Waals surface area contributed by atoms with E-state index in [4.69, 9.17) is 9.47 Å². The Balaban J connectivity index is 1.32. The third-order valence-electron chi connectivity index (χ3n) is 6.38. The van der Waals surface area contributed by atoms with Crippen molar-refractivity contribution in [2.75, 3.05) is 32.8 Å². The van der Waals surface area contributed by atoms with Crippen LogP contribution in [0.4, 0.5) is 4.79 Å². The Hall–Kier alpha value is -2.28. The number of nitrogens with zero attached hydrogens (tertiary/aromatic N) is 1. The molecule has 0 saturated carbocycles. The van der Waals surface area contributed by atoms with Gasteiger partial charge in [-0.25, -0.2) is 4.79 Å². The number of benzene rings is 1. The van der Waals surface area contributed by atoms with Gasteiger partial charge >= 0.3 is 6.09 Å². The largest absolute Gasteiger partial charge is 0.507 e. The lowest BCUT2D eigenvalue weighted by atomic mass is 9.91. The summed E-state index contributed by atoms with van der Waals surface area (Å²) in [6, 6.07) is 3.46. The second kappa shape index (κ2) is 10.8. The molecule has 172 valence electrons. The number of unbranched alkanes of at least 4 members (excludes halogenated alkanes) is 3. The zero-order chi connectivity index (χ0) is 22.3. The van der Waals surface area contributed by atoms with Crippen LogP contribution >= 0.6 is 0 Å². The van der Waals surface area contributed by atoms with Crippen LogP contribution in [0, 0.1) is 0 Å². The molecule has 0 aliphatic carbocycles. The Morgan fingerprint density at radius 2 is 1.97 bits per heavy atom. The van der Waals surface area contributed by atoms with E-state index in [1.54, 1.807) is 6.07 Å². The van der Waals surface area contributed by atoms with Gasteiger partial charge in [0.05, 0.1) is 18.7 Å². The third kappa shape index (κ3) is 6.12. The van der Waals surface area contributed by atoms with Gasteiger partial charge in [0.15, 0.2) is 5.78 Å². The number of hydrogen-bond donors (Lipinski definition) is 2. The molecular weight excluding hydrogens is 396 g/mol. The van der Waals surface area contributed by atoms with Crippen LogP contribution < -0.4 is 10.1 Å². The summed E-state index contributed by atoms with van der Waals surface area (Å²) in [6.45, 7) is 7.82. The summed E-state index contributed by atoms with van der Waals surface area (Å²) in [5, 5.41) is 13.2. The van der Waals surface area contributed by atoms with E-state index >= 15 is 0 Å². The topological polar surface area (TPSA) is 88.1 Å². The molecule has 0 bridgehead atoms. The molecule has 3 rings (SSSR count). The number of ether oxygens (including phenoxy) is 2. The number of rotatable bonds is 11. The van der Waals surface area contributed by atoms with Gasteiger partial charge in [-0.1, -0.05) is 26.2 Å². The highest BCUT2D eigenvalue weighted by molar-refractivity contribution is 5.97. The number of phenolic OH excluding ortho intramolecular Hbond substituents is 1. The van der Waals surface area contributed by atoms with Gasteiger partial charge in [0.1, 0.15) is 17.1 Å². The first-order valence-electron chi connectivity index (χ1n) is 11.6. The Labute approximate surface area is 185 Å². The highest BCUT2D eigenvalue weighted by Crippen LogP contribution is 2.33. The molecule has 2 N–H and O–H groups in total. The maximum atomic E-state index is 11.7. The number of phenols is 1. The lowest BCUT2D eigenvalue weighted by Crippen LogP contribution is -2.46. The van der Waals surface area contributed by atoms with Crippen LogP contribution in [0.15, 0.2) is 12.1 Å². The molecule has 7 nitrogen and oxygen atoms in total. The number of aromatic hydroxyl groups is 1. The molecule has 0 atom stereocenters. The van der Waals surface area contributed by atoms with E-state index in [1.165, 1.54) is 6.92 Å². The molecule has 0 radical (unpaired) electrons. The standard InChI is InChI=1S/C24H36N2O5/c1-3-8-20-21(10-9-19(18(2)27)22(20)28)30-16-7-5-4-6-13-26-14-11-24(12-15-26)17-25-23(29)31-24/h9-10,28H,3-8,11-17H2,1-2H3,(H,25,29). The number of hydrogen-bond acceptors (Lipinski definition) is 6. The SMILES string of the molecule is CCCc1c(OCCCCCCN2CCC3(CC2)CNC(=O)O3)ccc(C(C)=O)c1O. The van der Waals surface area contributed by atoms with E-state index in [9.17, 15) is 14.7 Å². The van der Waals surface area contributed by atoms with Crippen LogP contribution in [0.5, 0.6) is 11.5 Å². The fourth-order valence-electron chi connectivity index (χ4n) is 4.47. The van der Waals surface area contributed by atoms with Crippen molar-refractivity contribution in [2.24, 2.45) is 0 Å². The van der Waals surface area contributed by atoms with Crippen LogP contribution in [0.2, 0.25) is 0 Å². The molecule has 31 heavy (non-hydrogen) atoms. The molecule has 1 spiro atoms. The summed E-state index contributed by atoms with van der Waals surface area (Å²) >= 11 is 0. The molecule has 2 aliphatic heterocycles. The van der Waals surface area contributed by atoms with Crippen molar-refractivity contribution >= 4 is 11.9 Å². The lowest BCUT2D eigenvalue weighted by Gasteiger charge is -2.37. The van der Waals surface area contributed by atoms with Crippen molar-refractivity contribution in [3.05, 3.63) is 23.3 Å². The normalized spacial score (nSPS) is 18.1. The predicted molar refractivity (Wildman–Crippen MR) is 119 cm³/mol. The van der Waals surface area contributed by atoms with Crippen LogP contribution in [-0.2, 0) is 11.2 Å². The van der Waals surface area contributed by atoms with Crippen LogP contribution in [0.25, 0.3) is 0 Å². The summed E-state index contributed by atoms with van der Waals surface area (Å²) in [6.07, 6.45) is 7.48. The van der Waals surface area contributed by atoms with E-state index < -0.39 is 0 Å². The van der Waals surface area contributed by atoms with Crippen LogP contribution in [0.3, 0.4) is 0 Å². The number of carbonyl (C=O) groups excluding carboxylic acids is 2.